The number of rotatable bonds is 4. The minimum atomic E-state index is -0.535. The molecule has 0 radical (unpaired) electrons. The Balaban J connectivity index is 1.94. The lowest BCUT2D eigenvalue weighted by Gasteiger charge is -2.10. The van der Waals surface area contributed by atoms with Crippen molar-refractivity contribution in [1.82, 2.24) is 4.57 Å². The molecule has 1 aromatic heterocycles. The summed E-state index contributed by atoms with van der Waals surface area (Å²) in [6.45, 7) is 5.59. The van der Waals surface area contributed by atoms with Gasteiger partial charge in [0.25, 0.3) is 5.91 Å². The van der Waals surface area contributed by atoms with Crippen LogP contribution in [0.15, 0.2) is 48.0 Å². The van der Waals surface area contributed by atoms with Crippen LogP contribution in [0.4, 0.5) is 10.1 Å². The molecular weight excluding hydrogens is 424 g/mol. The molecule has 0 saturated carbocycles. The van der Waals surface area contributed by atoms with E-state index in [0.717, 1.165) is 17.0 Å². The number of hydrogen-bond donors (Lipinski definition) is 1. The third-order valence-electron chi connectivity index (χ3n) is 4.73. The monoisotopic (exact) mass is 441 g/mol. The molecule has 152 valence electrons. The molecule has 1 N–H and O–H groups in total. The number of aromatic nitrogens is 1. The molecule has 1 heterocycles. The summed E-state index contributed by atoms with van der Waals surface area (Å²) in [7, 11) is 0. The van der Waals surface area contributed by atoms with Crippen molar-refractivity contribution >= 4 is 40.9 Å². The fourth-order valence-electron chi connectivity index (χ4n) is 3.13. The first-order valence-corrected chi connectivity index (χ1v) is 9.80. The van der Waals surface area contributed by atoms with E-state index in [1.807, 2.05) is 37.5 Å². The summed E-state index contributed by atoms with van der Waals surface area (Å²) in [6.07, 6.45) is 1.52. The first-order valence-electron chi connectivity index (χ1n) is 9.05. The third-order valence-corrected chi connectivity index (χ3v) is 5.42. The molecule has 7 heteroatoms. The van der Waals surface area contributed by atoms with E-state index >= 15 is 0 Å². The number of hydrogen-bond acceptors (Lipinski definition) is 2. The van der Waals surface area contributed by atoms with Crippen molar-refractivity contribution in [1.29, 1.82) is 5.26 Å². The molecule has 30 heavy (non-hydrogen) atoms. The van der Waals surface area contributed by atoms with Crippen molar-refractivity contribution in [3.05, 3.63) is 86.4 Å². The quantitative estimate of drug-likeness (QED) is 0.376. The minimum absolute atomic E-state index is 0.0194. The van der Waals surface area contributed by atoms with E-state index in [4.69, 9.17) is 23.2 Å². The Labute approximate surface area is 184 Å². The molecule has 2 aromatic carbocycles. The largest absolute Gasteiger partial charge is 0.321 e. The number of anilines is 1. The van der Waals surface area contributed by atoms with Gasteiger partial charge in [-0.3, -0.25) is 4.79 Å². The normalized spacial score (nSPS) is 11.3. The van der Waals surface area contributed by atoms with Crippen LogP contribution >= 0.6 is 23.2 Å². The first kappa shape index (κ1) is 21.6. The van der Waals surface area contributed by atoms with Gasteiger partial charge in [-0.15, -0.1) is 0 Å². The van der Waals surface area contributed by atoms with Gasteiger partial charge in [0.15, 0.2) is 0 Å². The van der Waals surface area contributed by atoms with Gasteiger partial charge in [-0.25, -0.2) is 4.39 Å². The van der Waals surface area contributed by atoms with Crippen LogP contribution < -0.4 is 5.32 Å². The van der Waals surface area contributed by atoms with Gasteiger partial charge in [-0.1, -0.05) is 29.3 Å². The van der Waals surface area contributed by atoms with Gasteiger partial charge in [0.2, 0.25) is 0 Å². The minimum Gasteiger partial charge on any atom is -0.321 e. The van der Waals surface area contributed by atoms with Gasteiger partial charge in [-0.05, 0) is 74.4 Å². The summed E-state index contributed by atoms with van der Waals surface area (Å²) < 4.78 is 15.4. The maximum absolute atomic E-state index is 13.5. The lowest BCUT2D eigenvalue weighted by molar-refractivity contribution is -0.112. The Hall–Kier alpha value is -3.07. The van der Waals surface area contributed by atoms with Gasteiger partial charge in [0, 0.05) is 27.8 Å². The van der Waals surface area contributed by atoms with Gasteiger partial charge in [-0.2, -0.15) is 5.26 Å². The van der Waals surface area contributed by atoms with Crippen molar-refractivity contribution in [2.24, 2.45) is 0 Å². The van der Waals surface area contributed by atoms with Crippen LogP contribution in [0.1, 0.15) is 22.5 Å². The van der Waals surface area contributed by atoms with Crippen molar-refractivity contribution < 1.29 is 9.18 Å². The van der Waals surface area contributed by atoms with Crippen molar-refractivity contribution in [2.45, 2.75) is 20.8 Å². The number of nitrogens with zero attached hydrogens (tertiary/aromatic N) is 2. The summed E-state index contributed by atoms with van der Waals surface area (Å²) in [5, 5.41) is 12.7. The standard InChI is InChI=1S/C23H18Cl2FN3O/c1-13-4-5-18(10-20(13)24)28-23(30)17(12-27)9-16-8-14(2)29(15(16)3)19-6-7-22(26)21(25)11-19/h4-11H,1-3H3,(H,28,30)/b17-9-. The zero-order valence-electron chi connectivity index (χ0n) is 16.6. The zero-order chi connectivity index (χ0) is 22.0. The second-order valence-electron chi connectivity index (χ2n) is 6.85. The maximum atomic E-state index is 13.5. The van der Waals surface area contributed by atoms with Crippen LogP contribution in [0.5, 0.6) is 0 Å². The number of nitriles is 1. The third kappa shape index (κ3) is 4.40. The number of amides is 1. The Kier molecular flexibility index (Phi) is 6.31. The SMILES string of the molecule is Cc1ccc(NC(=O)/C(C#N)=C\c2cc(C)n(-c3ccc(F)c(Cl)c3)c2C)cc1Cl. The Morgan fingerprint density at radius 2 is 1.83 bits per heavy atom. The molecule has 0 aliphatic rings. The summed E-state index contributed by atoms with van der Waals surface area (Å²) in [6, 6.07) is 13.4. The first-order chi connectivity index (χ1) is 14.2. The summed E-state index contributed by atoms with van der Waals surface area (Å²) in [5.41, 5.74) is 4.36. The summed E-state index contributed by atoms with van der Waals surface area (Å²) in [4.78, 5) is 12.6. The molecule has 1 amide bonds. The smallest absolute Gasteiger partial charge is 0.266 e. The Bertz CT molecular complexity index is 1220. The predicted molar refractivity (Wildman–Crippen MR) is 119 cm³/mol. The van der Waals surface area contributed by atoms with Crippen LogP contribution in [0.25, 0.3) is 11.8 Å². The summed E-state index contributed by atoms with van der Waals surface area (Å²) >= 11 is 12.0. The molecule has 3 aromatic rings. The molecular formula is C23H18Cl2FN3O. The van der Waals surface area contributed by atoms with Crippen LogP contribution in [0.2, 0.25) is 10.0 Å². The van der Waals surface area contributed by atoms with E-state index in [0.29, 0.717) is 22.0 Å². The highest BCUT2D eigenvalue weighted by Gasteiger charge is 2.15. The van der Waals surface area contributed by atoms with E-state index in [9.17, 15) is 14.4 Å². The molecule has 3 rings (SSSR count). The van der Waals surface area contributed by atoms with Gasteiger partial charge in [0.05, 0.1) is 5.02 Å². The molecule has 0 unspecified atom stereocenters. The molecule has 0 spiro atoms. The van der Waals surface area contributed by atoms with E-state index in [2.05, 4.69) is 5.32 Å². The van der Waals surface area contributed by atoms with Crippen LogP contribution in [0.3, 0.4) is 0 Å². The number of carbonyl (C=O) groups excluding carboxylic acids is 1. The molecule has 0 aliphatic heterocycles. The van der Waals surface area contributed by atoms with Gasteiger partial charge < -0.3 is 9.88 Å². The van der Waals surface area contributed by atoms with Crippen molar-refractivity contribution in [3.63, 3.8) is 0 Å². The molecule has 0 saturated heterocycles. The highest BCUT2D eigenvalue weighted by molar-refractivity contribution is 6.31. The maximum Gasteiger partial charge on any atom is 0.266 e. The molecule has 4 nitrogen and oxygen atoms in total. The molecule has 0 atom stereocenters. The second-order valence-corrected chi connectivity index (χ2v) is 7.66. The molecule has 0 aliphatic carbocycles. The lowest BCUT2D eigenvalue weighted by Crippen LogP contribution is -2.13. The van der Waals surface area contributed by atoms with Crippen molar-refractivity contribution in [3.8, 4) is 11.8 Å². The fraction of sp³-hybridized carbons (Fsp3) is 0.130. The number of halogens is 3. The van der Waals surface area contributed by atoms with Crippen LogP contribution in [0, 0.1) is 37.9 Å². The van der Waals surface area contributed by atoms with Crippen LogP contribution in [-0.4, -0.2) is 10.5 Å². The van der Waals surface area contributed by atoms with E-state index < -0.39 is 11.7 Å². The average Bonchev–Trinajstić information content (AvgIpc) is 2.98. The number of nitrogens with one attached hydrogen (secondary N) is 1. The fourth-order valence-corrected chi connectivity index (χ4v) is 3.48. The van der Waals surface area contributed by atoms with Crippen LogP contribution in [-0.2, 0) is 4.79 Å². The highest BCUT2D eigenvalue weighted by Crippen LogP contribution is 2.26. The number of aryl methyl sites for hydroxylation is 2. The highest BCUT2D eigenvalue weighted by atomic mass is 35.5. The topological polar surface area (TPSA) is 57.8 Å². The average molecular weight is 442 g/mol. The van der Waals surface area contributed by atoms with Crippen molar-refractivity contribution in [2.75, 3.05) is 5.32 Å². The molecule has 0 fully saturated rings. The summed E-state index contributed by atoms with van der Waals surface area (Å²) in [5.74, 6) is -1.03. The van der Waals surface area contributed by atoms with E-state index in [-0.39, 0.29) is 10.6 Å². The van der Waals surface area contributed by atoms with Gasteiger partial charge >= 0.3 is 0 Å². The van der Waals surface area contributed by atoms with Gasteiger partial charge in [0.1, 0.15) is 17.5 Å². The molecule has 0 bridgehead atoms. The Morgan fingerprint density at radius 1 is 1.10 bits per heavy atom. The lowest BCUT2D eigenvalue weighted by atomic mass is 10.1. The second kappa shape index (κ2) is 8.74. The van der Waals surface area contributed by atoms with E-state index in [1.165, 1.54) is 18.2 Å². The predicted octanol–water partition coefficient (Wildman–Crippen LogP) is 6.39. The number of benzene rings is 2. The Morgan fingerprint density at radius 3 is 2.47 bits per heavy atom. The zero-order valence-corrected chi connectivity index (χ0v) is 18.1. The number of carbonyl (C=O) groups is 1. The van der Waals surface area contributed by atoms with E-state index in [1.54, 1.807) is 24.3 Å².